The Kier molecular flexibility index (Phi) is 7.44. The number of carbonyl (C=O) groups excluding carboxylic acids is 1. The third-order valence-electron chi connectivity index (χ3n) is 5.57. The average Bonchev–Trinajstić information content (AvgIpc) is 3.16. The summed E-state index contributed by atoms with van der Waals surface area (Å²) in [6.07, 6.45) is 0. The van der Waals surface area contributed by atoms with Crippen LogP contribution in [0.1, 0.15) is 64.2 Å². The van der Waals surface area contributed by atoms with Gasteiger partial charge >= 0.3 is 0 Å². The van der Waals surface area contributed by atoms with Crippen LogP contribution in [0.3, 0.4) is 0 Å². The number of para-hydroxylation sites is 1. The molecule has 32 heavy (non-hydrogen) atoms. The van der Waals surface area contributed by atoms with Crippen molar-refractivity contribution in [1.29, 1.82) is 0 Å². The first-order valence-corrected chi connectivity index (χ1v) is 12.2. The van der Waals surface area contributed by atoms with Crippen molar-refractivity contribution >= 4 is 23.4 Å². The molecule has 0 radical (unpaired) electrons. The second-order valence-corrected chi connectivity index (χ2v) is 10.4. The standard InChI is InChI=1S/C26H34N4OS/c1-8-30-24(19-12-14-20(15-13-19)26(5,6)7)28-29-25(30)32-16-22(31)27-23-18(4)10-9-11-21(23)17(2)3/h9-15,17H,8,16H2,1-7H3,(H,27,31). The molecule has 170 valence electrons. The lowest BCUT2D eigenvalue weighted by Crippen LogP contribution is -2.17. The van der Waals surface area contributed by atoms with E-state index in [2.05, 4.69) is 92.0 Å². The Morgan fingerprint density at radius 3 is 2.38 bits per heavy atom. The lowest BCUT2D eigenvalue weighted by molar-refractivity contribution is -0.113. The largest absolute Gasteiger partial charge is 0.325 e. The summed E-state index contributed by atoms with van der Waals surface area (Å²) in [5.74, 6) is 1.42. The number of benzene rings is 2. The van der Waals surface area contributed by atoms with Crippen molar-refractivity contribution in [2.45, 2.75) is 71.5 Å². The van der Waals surface area contributed by atoms with E-state index >= 15 is 0 Å². The molecule has 1 aromatic heterocycles. The minimum atomic E-state index is -0.0343. The minimum Gasteiger partial charge on any atom is -0.325 e. The predicted molar refractivity (Wildman–Crippen MR) is 134 cm³/mol. The number of hydrogen-bond acceptors (Lipinski definition) is 4. The van der Waals surface area contributed by atoms with Crippen LogP contribution in [0, 0.1) is 6.92 Å². The molecule has 0 unspecified atom stereocenters. The number of nitrogens with zero attached hydrogens (tertiary/aromatic N) is 3. The van der Waals surface area contributed by atoms with Crippen LogP contribution in [-0.4, -0.2) is 26.4 Å². The van der Waals surface area contributed by atoms with Gasteiger partial charge in [-0.3, -0.25) is 4.79 Å². The van der Waals surface area contributed by atoms with Gasteiger partial charge in [0.15, 0.2) is 11.0 Å². The molecule has 0 fully saturated rings. The van der Waals surface area contributed by atoms with Crippen molar-refractivity contribution in [3.05, 3.63) is 59.2 Å². The number of aryl methyl sites for hydroxylation is 1. The molecule has 5 nitrogen and oxygen atoms in total. The molecule has 0 spiro atoms. The molecule has 0 saturated heterocycles. The van der Waals surface area contributed by atoms with Crippen LogP contribution in [0.15, 0.2) is 47.6 Å². The molecule has 0 bridgehead atoms. The van der Waals surface area contributed by atoms with Crippen molar-refractivity contribution in [3.8, 4) is 11.4 Å². The van der Waals surface area contributed by atoms with E-state index in [9.17, 15) is 4.79 Å². The first-order valence-electron chi connectivity index (χ1n) is 11.2. The van der Waals surface area contributed by atoms with Gasteiger partial charge in [0.1, 0.15) is 0 Å². The minimum absolute atomic E-state index is 0.0343. The van der Waals surface area contributed by atoms with E-state index in [-0.39, 0.29) is 17.1 Å². The quantitative estimate of drug-likeness (QED) is 0.422. The van der Waals surface area contributed by atoms with Crippen molar-refractivity contribution in [2.24, 2.45) is 0 Å². The van der Waals surface area contributed by atoms with E-state index in [1.807, 2.05) is 19.1 Å². The summed E-state index contributed by atoms with van der Waals surface area (Å²) in [5.41, 5.74) is 5.58. The van der Waals surface area contributed by atoms with Gasteiger partial charge in [-0.25, -0.2) is 0 Å². The second-order valence-electron chi connectivity index (χ2n) is 9.41. The Labute approximate surface area is 196 Å². The van der Waals surface area contributed by atoms with Crippen molar-refractivity contribution < 1.29 is 4.79 Å². The third-order valence-corrected chi connectivity index (χ3v) is 6.53. The van der Waals surface area contributed by atoms with Gasteiger partial charge < -0.3 is 9.88 Å². The van der Waals surface area contributed by atoms with Crippen LogP contribution in [0.5, 0.6) is 0 Å². The first-order chi connectivity index (χ1) is 15.1. The van der Waals surface area contributed by atoms with Gasteiger partial charge in [0.25, 0.3) is 0 Å². The Bertz CT molecular complexity index is 1080. The van der Waals surface area contributed by atoms with Crippen LogP contribution in [0.4, 0.5) is 5.69 Å². The van der Waals surface area contributed by atoms with E-state index in [1.54, 1.807) is 0 Å². The summed E-state index contributed by atoms with van der Waals surface area (Å²) in [6, 6.07) is 14.6. The van der Waals surface area contributed by atoms with E-state index in [0.717, 1.165) is 39.9 Å². The Morgan fingerprint density at radius 1 is 1.09 bits per heavy atom. The zero-order chi connectivity index (χ0) is 23.5. The Hall–Kier alpha value is -2.60. The monoisotopic (exact) mass is 450 g/mol. The number of anilines is 1. The number of hydrogen-bond donors (Lipinski definition) is 1. The topological polar surface area (TPSA) is 59.8 Å². The molecule has 0 aliphatic rings. The summed E-state index contributed by atoms with van der Waals surface area (Å²) in [5, 5.41) is 12.7. The average molecular weight is 451 g/mol. The fourth-order valence-corrected chi connectivity index (χ4v) is 4.46. The Morgan fingerprint density at radius 2 is 1.78 bits per heavy atom. The highest BCUT2D eigenvalue weighted by molar-refractivity contribution is 7.99. The Balaban J connectivity index is 1.73. The normalized spacial score (nSPS) is 11.8. The highest BCUT2D eigenvalue weighted by Crippen LogP contribution is 2.29. The number of thioether (sulfide) groups is 1. The lowest BCUT2D eigenvalue weighted by atomic mass is 9.87. The van der Waals surface area contributed by atoms with Crippen LogP contribution < -0.4 is 5.32 Å². The molecule has 3 aromatic rings. The molecule has 1 amide bonds. The molecular weight excluding hydrogens is 416 g/mol. The fraction of sp³-hybridized carbons (Fsp3) is 0.423. The molecule has 2 aromatic carbocycles. The number of amides is 1. The number of aromatic nitrogens is 3. The van der Waals surface area contributed by atoms with Gasteiger partial charge in [-0.2, -0.15) is 0 Å². The van der Waals surface area contributed by atoms with Crippen LogP contribution in [-0.2, 0) is 16.8 Å². The second kappa shape index (κ2) is 9.90. The molecule has 3 rings (SSSR count). The van der Waals surface area contributed by atoms with Gasteiger partial charge in [-0.05, 0) is 41.9 Å². The molecular formula is C26H34N4OS. The van der Waals surface area contributed by atoms with E-state index in [1.165, 1.54) is 17.3 Å². The molecule has 1 N–H and O–H groups in total. The highest BCUT2D eigenvalue weighted by atomic mass is 32.2. The molecule has 0 saturated carbocycles. The molecule has 0 aliphatic carbocycles. The SMILES string of the molecule is CCn1c(SCC(=O)Nc2c(C)cccc2C(C)C)nnc1-c1ccc(C(C)(C)C)cc1. The first kappa shape index (κ1) is 24.1. The van der Waals surface area contributed by atoms with E-state index < -0.39 is 0 Å². The summed E-state index contributed by atoms with van der Waals surface area (Å²) >= 11 is 1.42. The van der Waals surface area contributed by atoms with Gasteiger partial charge in [0.05, 0.1) is 5.75 Å². The van der Waals surface area contributed by atoms with Gasteiger partial charge in [0.2, 0.25) is 5.91 Å². The van der Waals surface area contributed by atoms with Crippen molar-refractivity contribution in [3.63, 3.8) is 0 Å². The number of carbonyl (C=O) groups is 1. The van der Waals surface area contributed by atoms with Crippen molar-refractivity contribution in [1.82, 2.24) is 14.8 Å². The van der Waals surface area contributed by atoms with Crippen LogP contribution in [0.2, 0.25) is 0 Å². The fourth-order valence-electron chi connectivity index (χ4n) is 3.66. The molecule has 6 heteroatoms. The molecule has 1 heterocycles. The summed E-state index contributed by atoms with van der Waals surface area (Å²) in [7, 11) is 0. The highest BCUT2D eigenvalue weighted by Gasteiger charge is 2.18. The van der Waals surface area contributed by atoms with Crippen LogP contribution >= 0.6 is 11.8 Å². The summed E-state index contributed by atoms with van der Waals surface area (Å²) < 4.78 is 2.07. The smallest absolute Gasteiger partial charge is 0.234 e. The zero-order valence-electron chi connectivity index (χ0n) is 20.2. The molecule has 0 aliphatic heterocycles. The van der Waals surface area contributed by atoms with Crippen molar-refractivity contribution in [2.75, 3.05) is 11.1 Å². The summed E-state index contributed by atoms with van der Waals surface area (Å²) in [4.78, 5) is 12.7. The van der Waals surface area contributed by atoms with E-state index in [4.69, 9.17) is 0 Å². The summed E-state index contributed by atoms with van der Waals surface area (Å²) in [6.45, 7) is 15.7. The van der Waals surface area contributed by atoms with Gasteiger partial charge in [0, 0.05) is 17.8 Å². The van der Waals surface area contributed by atoms with Gasteiger partial charge in [-0.15, -0.1) is 10.2 Å². The van der Waals surface area contributed by atoms with Crippen LogP contribution in [0.25, 0.3) is 11.4 Å². The number of rotatable bonds is 7. The predicted octanol–water partition coefficient (Wildman–Crippen LogP) is 6.43. The van der Waals surface area contributed by atoms with Gasteiger partial charge in [-0.1, -0.05) is 88.8 Å². The maximum Gasteiger partial charge on any atom is 0.234 e. The zero-order valence-corrected chi connectivity index (χ0v) is 21.0. The molecule has 0 atom stereocenters. The maximum atomic E-state index is 12.7. The third kappa shape index (κ3) is 5.41. The maximum absolute atomic E-state index is 12.7. The van der Waals surface area contributed by atoms with E-state index in [0.29, 0.717) is 5.92 Å². The number of nitrogens with one attached hydrogen (secondary N) is 1. The lowest BCUT2D eigenvalue weighted by Gasteiger charge is -2.19.